The summed E-state index contributed by atoms with van der Waals surface area (Å²) in [6.07, 6.45) is 1.91. The number of benzene rings is 3. The van der Waals surface area contributed by atoms with Crippen LogP contribution in [0.15, 0.2) is 66.7 Å². The van der Waals surface area contributed by atoms with E-state index in [1.807, 2.05) is 24.5 Å². The van der Waals surface area contributed by atoms with E-state index < -0.39 is 0 Å². The molecular weight excluding hydrogens is 258 g/mol. The van der Waals surface area contributed by atoms with Crippen molar-refractivity contribution in [1.82, 2.24) is 4.98 Å². The van der Waals surface area contributed by atoms with Gasteiger partial charge in [0.1, 0.15) is 0 Å². The van der Waals surface area contributed by atoms with Crippen LogP contribution in [0.25, 0.3) is 32.9 Å². The van der Waals surface area contributed by atoms with Crippen molar-refractivity contribution in [3.63, 3.8) is 0 Å². The highest BCUT2D eigenvalue weighted by Crippen LogP contribution is 2.32. The summed E-state index contributed by atoms with van der Waals surface area (Å²) in [7, 11) is 0. The minimum absolute atomic E-state index is 0.572. The molecule has 0 unspecified atom stereocenters. The van der Waals surface area contributed by atoms with Crippen molar-refractivity contribution in [2.24, 2.45) is 0 Å². The third-order valence-electron chi connectivity index (χ3n) is 3.86. The first-order valence-corrected chi connectivity index (χ1v) is 6.85. The molecule has 0 aliphatic heterocycles. The van der Waals surface area contributed by atoms with Crippen molar-refractivity contribution in [2.75, 3.05) is 0 Å². The Hall–Kier alpha value is -2.87. The molecule has 1 aromatic heterocycles. The Bertz CT molecular complexity index is 948. The molecule has 2 nitrogen and oxygen atoms in total. The number of rotatable bonds is 2. The van der Waals surface area contributed by atoms with Gasteiger partial charge < -0.3 is 4.98 Å². The molecule has 3 aromatic carbocycles. The van der Waals surface area contributed by atoms with Crippen LogP contribution < -0.4 is 0 Å². The van der Waals surface area contributed by atoms with E-state index in [4.69, 9.17) is 0 Å². The molecule has 4 rings (SSSR count). The van der Waals surface area contributed by atoms with E-state index in [0.717, 1.165) is 22.2 Å². The van der Waals surface area contributed by atoms with Crippen molar-refractivity contribution in [1.29, 1.82) is 0 Å². The maximum absolute atomic E-state index is 10.7. The van der Waals surface area contributed by atoms with E-state index in [1.165, 1.54) is 10.8 Å². The fourth-order valence-electron chi connectivity index (χ4n) is 2.83. The van der Waals surface area contributed by atoms with Crippen LogP contribution in [-0.2, 0) is 4.79 Å². The van der Waals surface area contributed by atoms with Crippen LogP contribution in [0.2, 0.25) is 0 Å². The predicted molar refractivity (Wildman–Crippen MR) is 86.0 cm³/mol. The lowest BCUT2D eigenvalue weighted by Gasteiger charge is -2.04. The van der Waals surface area contributed by atoms with Crippen molar-refractivity contribution >= 4 is 28.1 Å². The first-order chi connectivity index (χ1) is 10.4. The Morgan fingerprint density at radius 1 is 0.762 bits per heavy atom. The molecule has 0 aliphatic carbocycles. The standard InChI is InChI=1S/C19H12NO/c21-12-13-8-10-14(11-9-13)15-5-3-6-17-16-4-1-2-7-18(16)20-19(15)17/h1-11,20H. The van der Waals surface area contributed by atoms with Gasteiger partial charge in [0.25, 0.3) is 0 Å². The van der Waals surface area contributed by atoms with Crippen LogP contribution in [0.3, 0.4) is 0 Å². The predicted octanol–water partition coefficient (Wildman–Crippen LogP) is 4.45. The Kier molecular flexibility index (Phi) is 2.61. The zero-order chi connectivity index (χ0) is 14.2. The molecule has 0 bridgehead atoms. The highest BCUT2D eigenvalue weighted by molar-refractivity contribution is 6.11. The summed E-state index contributed by atoms with van der Waals surface area (Å²) in [5.74, 6) is 0. The Labute approximate surface area is 122 Å². The number of aromatic amines is 1. The molecule has 1 radical (unpaired) electrons. The second-order valence-electron chi connectivity index (χ2n) is 5.08. The van der Waals surface area contributed by atoms with Gasteiger partial charge in [-0.3, -0.25) is 4.79 Å². The molecule has 0 spiro atoms. The number of fused-ring (bicyclic) bond motifs is 3. The second-order valence-corrected chi connectivity index (χ2v) is 5.08. The fourth-order valence-corrected chi connectivity index (χ4v) is 2.83. The summed E-state index contributed by atoms with van der Waals surface area (Å²) in [6, 6.07) is 22.1. The number of carbonyl (C=O) groups excluding carboxylic acids is 1. The second kappa shape index (κ2) is 4.60. The highest BCUT2D eigenvalue weighted by Gasteiger charge is 2.08. The van der Waals surface area contributed by atoms with Crippen molar-refractivity contribution in [2.45, 2.75) is 0 Å². The van der Waals surface area contributed by atoms with Gasteiger partial charge in [-0.2, -0.15) is 0 Å². The van der Waals surface area contributed by atoms with Crippen LogP contribution in [0.4, 0.5) is 0 Å². The lowest BCUT2D eigenvalue weighted by atomic mass is 10.0. The molecule has 0 saturated heterocycles. The number of H-pyrrole nitrogens is 1. The maximum Gasteiger partial charge on any atom is 0.233 e. The SMILES string of the molecule is O=[C]c1ccc(-c2cccc3c2[nH]c2ccccc23)cc1. The van der Waals surface area contributed by atoms with E-state index in [1.54, 1.807) is 12.1 Å². The van der Waals surface area contributed by atoms with Crippen molar-refractivity contribution in [3.05, 3.63) is 72.3 Å². The molecule has 99 valence electrons. The fraction of sp³-hybridized carbons (Fsp3) is 0. The van der Waals surface area contributed by atoms with Gasteiger partial charge in [-0.05, 0) is 11.6 Å². The molecule has 0 saturated carbocycles. The van der Waals surface area contributed by atoms with E-state index in [-0.39, 0.29) is 0 Å². The lowest BCUT2D eigenvalue weighted by Crippen LogP contribution is -1.83. The lowest BCUT2D eigenvalue weighted by molar-refractivity contribution is 0.563. The number of para-hydroxylation sites is 2. The molecule has 2 heteroatoms. The Morgan fingerprint density at radius 3 is 2.33 bits per heavy atom. The molecule has 0 amide bonds. The van der Waals surface area contributed by atoms with E-state index in [0.29, 0.717) is 5.56 Å². The van der Waals surface area contributed by atoms with Gasteiger partial charge in [-0.1, -0.05) is 60.7 Å². The molecule has 4 aromatic rings. The summed E-state index contributed by atoms with van der Waals surface area (Å²) in [5.41, 5.74) is 5.06. The third kappa shape index (κ3) is 1.84. The third-order valence-corrected chi connectivity index (χ3v) is 3.86. The molecule has 0 aliphatic rings. The first kappa shape index (κ1) is 11.9. The van der Waals surface area contributed by atoms with Crippen molar-refractivity contribution < 1.29 is 4.79 Å². The van der Waals surface area contributed by atoms with Gasteiger partial charge in [-0.15, -0.1) is 0 Å². The van der Waals surface area contributed by atoms with E-state index in [2.05, 4.69) is 41.4 Å². The average molecular weight is 270 g/mol. The average Bonchev–Trinajstić information content (AvgIpc) is 2.94. The minimum atomic E-state index is 0.572. The summed E-state index contributed by atoms with van der Waals surface area (Å²) in [5, 5.41) is 2.45. The summed E-state index contributed by atoms with van der Waals surface area (Å²) >= 11 is 0. The van der Waals surface area contributed by atoms with Gasteiger partial charge in [-0.25, -0.2) is 0 Å². The topological polar surface area (TPSA) is 32.9 Å². The summed E-state index contributed by atoms with van der Waals surface area (Å²) < 4.78 is 0. The maximum atomic E-state index is 10.7. The largest absolute Gasteiger partial charge is 0.354 e. The smallest absolute Gasteiger partial charge is 0.233 e. The Balaban J connectivity index is 2.01. The van der Waals surface area contributed by atoms with Crippen molar-refractivity contribution in [3.8, 4) is 11.1 Å². The van der Waals surface area contributed by atoms with Crippen LogP contribution in [0, 0.1) is 0 Å². The first-order valence-electron chi connectivity index (χ1n) is 6.85. The van der Waals surface area contributed by atoms with Gasteiger partial charge in [0, 0.05) is 27.4 Å². The molecule has 1 N–H and O–H groups in total. The molecular formula is C19H12NO. The zero-order valence-corrected chi connectivity index (χ0v) is 11.3. The van der Waals surface area contributed by atoms with Crippen LogP contribution >= 0.6 is 0 Å². The monoisotopic (exact) mass is 270 g/mol. The van der Waals surface area contributed by atoms with Crippen LogP contribution in [0.1, 0.15) is 5.56 Å². The van der Waals surface area contributed by atoms with Crippen LogP contribution in [0.5, 0.6) is 0 Å². The molecule has 21 heavy (non-hydrogen) atoms. The number of hydrogen-bond donors (Lipinski definition) is 1. The van der Waals surface area contributed by atoms with E-state index in [9.17, 15) is 4.79 Å². The molecule has 1 heterocycles. The van der Waals surface area contributed by atoms with Gasteiger partial charge in [0.05, 0.1) is 5.52 Å². The molecule has 0 fully saturated rings. The highest BCUT2D eigenvalue weighted by atomic mass is 16.1. The van der Waals surface area contributed by atoms with Gasteiger partial charge in [0.2, 0.25) is 6.29 Å². The number of aromatic nitrogens is 1. The van der Waals surface area contributed by atoms with Gasteiger partial charge in [0.15, 0.2) is 0 Å². The Morgan fingerprint density at radius 2 is 1.52 bits per heavy atom. The summed E-state index contributed by atoms with van der Waals surface area (Å²) in [6.45, 7) is 0. The summed E-state index contributed by atoms with van der Waals surface area (Å²) in [4.78, 5) is 14.1. The quantitative estimate of drug-likeness (QED) is 0.573. The van der Waals surface area contributed by atoms with Crippen LogP contribution in [-0.4, -0.2) is 11.3 Å². The molecule has 0 atom stereocenters. The minimum Gasteiger partial charge on any atom is -0.354 e. The zero-order valence-electron chi connectivity index (χ0n) is 11.3. The van der Waals surface area contributed by atoms with E-state index >= 15 is 0 Å². The van der Waals surface area contributed by atoms with Gasteiger partial charge >= 0.3 is 0 Å². The normalized spacial score (nSPS) is 11.0. The number of hydrogen-bond acceptors (Lipinski definition) is 1. The number of nitrogens with one attached hydrogen (secondary N) is 1.